The standard InChI is InChI=1S/C14H21N3O4/c1-21-8-2-5-16-13(18)12(9-15)10-17-6-3-11(4-7-17)14(19)20/h10-11H,2-8H2,1H3,(H,16,18)(H,19,20)/b12-10-. The maximum atomic E-state index is 11.8. The molecule has 0 spiro atoms. The van der Waals surface area contributed by atoms with Crippen LogP contribution in [-0.4, -0.2) is 55.2 Å². The second kappa shape index (κ2) is 8.97. The van der Waals surface area contributed by atoms with Crippen molar-refractivity contribution < 1.29 is 19.4 Å². The van der Waals surface area contributed by atoms with Gasteiger partial charge in [0.2, 0.25) is 0 Å². The van der Waals surface area contributed by atoms with Gasteiger partial charge in [-0.15, -0.1) is 0 Å². The SMILES string of the molecule is COCCCNC(=O)/C(C#N)=C\N1CCC(C(=O)O)CC1. The molecule has 0 radical (unpaired) electrons. The molecule has 1 saturated heterocycles. The van der Waals surface area contributed by atoms with Crippen LogP contribution in [-0.2, 0) is 14.3 Å². The number of piperidine rings is 1. The lowest BCUT2D eigenvalue weighted by atomic mass is 9.97. The Balaban J connectivity index is 2.46. The van der Waals surface area contributed by atoms with Crippen LogP contribution in [0.2, 0.25) is 0 Å². The minimum atomic E-state index is -0.782. The van der Waals surface area contributed by atoms with Crippen molar-refractivity contribution >= 4 is 11.9 Å². The van der Waals surface area contributed by atoms with E-state index in [-0.39, 0.29) is 11.5 Å². The van der Waals surface area contributed by atoms with Gasteiger partial charge in [-0.1, -0.05) is 0 Å². The number of hydrogen-bond donors (Lipinski definition) is 2. The number of amides is 1. The summed E-state index contributed by atoms with van der Waals surface area (Å²) in [5.74, 6) is -1.52. The molecule has 0 atom stereocenters. The van der Waals surface area contributed by atoms with Crippen LogP contribution in [0.25, 0.3) is 0 Å². The maximum absolute atomic E-state index is 11.8. The molecule has 1 rings (SSSR count). The zero-order valence-corrected chi connectivity index (χ0v) is 12.2. The number of carbonyl (C=O) groups excluding carboxylic acids is 1. The highest BCUT2D eigenvalue weighted by Gasteiger charge is 2.23. The molecule has 2 N–H and O–H groups in total. The largest absolute Gasteiger partial charge is 0.481 e. The molecule has 1 heterocycles. The highest BCUT2D eigenvalue weighted by molar-refractivity contribution is 5.97. The Morgan fingerprint density at radius 3 is 2.67 bits per heavy atom. The lowest BCUT2D eigenvalue weighted by Gasteiger charge is -2.29. The molecule has 0 saturated carbocycles. The van der Waals surface area contributed by atoms with Crippen molar-refractivity contribution in [2.45, 2.75) is 19.3 Å². The van der Waals surface area contributed by atoms with Crippen molar-refractivity contribution in [2.24, 2.45) is 5.92 Å². The summed E-state index contributed by atoms with van der Waals surface area (Å²) in [6.45, 7) is 2.08. The fourth-order valence-electron chi connectivity index (χ4n) is 2.11. The average Bonchev–Trinajstić information content (AvgIpc) is 2.49. The van der Waals surface area contributed by atoms with E-state index in [0.717, 1.165) is 0 Å². The summed E-state index contributed by atoms with van der Waals surface area (Å²) in [6, 6.07) is 1.88. The van der Waals surface area contributed by atoms with Gasteiger partial charge < -0.3 is 20.1 Å². The number of nitrogens with zero attached hydrogens (tertiary/aromatic N) is 2. The summed E-state index contributed by atoms with van der Waals surface area (Å²) in [5, 5.41) is 20.6. The van der Waals surface area contributed by atoms with Crippen LogP contribution in [0.1, 0.15) is 19.3 Å². The van der Waals surface area contributed by atoms with Gasteiger partial charge in [0.25, 0.3) is 5.91 Å². The van der Waals surface area contributed by atoms with Crippen LogP contribution in [0.5, 0.6) is 0 Å². The number of likely N-dealkylation sites (tertiary alicyclic amines) is 1. The molecule has 0 unspecified atom stereocenters. The highest BCUT2D eigenvalue weighted by atomic mass is 16.5. The van der Waals surface area contributed by atoms with Gasteiger partial charge >= 0.3 is 5.97 Å². The smallest absolute Gasteiger partial charge is 0.306 e. The molecule has 0 aromatic heterocycles. The monoisotopic (exact) mass is 295 g/mol. The number of nitrogens with one attached hydrogen (secondary N) is 1. The van der Waals surface area contributed by atoms with E-state index in [2.05, 4.69) is 5.32 Å². The second-order valence-electron chi connectivity index (χ2n) is 4.91. The van der Waals surface area contributed by atoms with E-state index in [1.54, 1.807) is 7.11 Å². The molecule has 7 nitrogen and oxygen atoms in total. The molecule has 7 heteroatoms. The molecule has 116 valence electrons. The van der Waals surface area contributed by atoms with Gasteiger partial charge in [0, 0.05) is 39.6 Å². The van der Waals surface area contributed by atoms with E-state index in [1.165, 1.54) is 6.20 Å². The predicted molar refractivity (Wildman–Crippen MR) is 75.1 cm³/mol. The van der Waals surface area contributed by atoms with Gasteiger partial charge in [0.1, 0.15) is 11.6 Å². The Morgan fingerprint density at radius 1 is 1.48 bits per heavy atom. The number of ether oxygens (including phenoxy) is 1. The quantitative estimate of drug-likeness (QED) is 0.399. The minimum absolute atomic E-state index is 0.0428. The normalized spacial score (nSPS) is 16.4. The number of hydrogen-bond acceptors (Lipinski definition) is 5. The lowest BCUT2D eigenvalue weighted by Crippen LogP contribution is -2.34. The molecule has 0 aromatic carbocycles. The first-order chi connectivity index (χ1) is 10.1. The van der Waals surface area contributed by atoms with Crippen LogP contribution >= 0.6 is 0 Å². The number of rotatable bonds is 7. The van der Waals surface area contributed by atoms with Crippen molar-refractivity contribution in [3.63, 3.8) is 0 Å². The Hall–Kier alpha value is -2.07. The third kappa shape index (κ3) is 5.83. The van der Waals surface area contributed by atoms with Crippen LogP contribution in [0.15, 0.2) is 11.8 Å². The summed E-state index contributed by atoms with van der Waals surface area (Å²) >= 11 is 0. The van der Waals surface area contributed by atoms with Crippen LogP contribution in [0.4, 0.5) is 0 Å². The number of carboxylic acid groups (broad SMARTS) is 1. The van der Waals surface area contributed by atoms with Gasteiger partial charge in [-0.25, -0.2) is 0 Å². The van der Waals surface area contributed by atoms with E-state index in [0.29, 0.717) is 45.5 Å². The number of carbonyl (C=O) groups is 2. The minimum Gasteiger partial charge on any atom is -0.481 e. The van der Waals surface area contributed by atoms with E-state index in [9.17, 15) is 9.59 Å². The third-order valence-electron chi connectivity index (χ3n) is 3.37. The fraction of sp³-hybridized carbons (Fsp3) is 0.643. The first-order valence-corrected chi connectivity index (χ1v) is 6.94. The Labute approximate surface area is 124 Å². The highest BCUT2D eigenvalue weighted by Crippen LogP contribution is 2.18. The van der Waals surface area contributed by atoms with E-state index >= 15 is 0 Å². The maximum Gasteiger partial charge on any atom is 0.306 e. The van der Waals surface area contributed by atoms with E-state index in [4.69, 9.17) is 15.1 Å². The topological polar surface area (TPSA) is 103 Å². The van der Waals surface area contributed by atoms with E-state index < -0.39 is 11.9 Å². The van der Waals surface area contributed by atoms with Crippen molar-refractivity contribution in [3.05, 3.63) is 11.8 Å². The molecule has 0 aromatic rings. The van der Waals surface area contributed by atoms with Crippen molar-refractivity contribution in [2.75, 3.05) is 33.4 Å². The molecule has 21 heavy (non-hydrogen) atoms. The number of nitriles is 1. The number of aliphatic carboxylic acids is 1. The Kier molecular flexibility index (Phi) is 7.26. The molecular weight excluding hydrogens is 274 g/mol. The van der Waals surface area contributed by atoms with Gasteiger partial charge in [-0.05, 0) is 19.3 Å². The molecule has 0 bridgehead atoms. The number of carboxylic acids is 1. The van der Waals surface area contributed by atoms with Crippen molar-refractivity contribution in [1.82, 2.24) is 10.2 Å². The summed E-state index contributed by atoms with van der Waals surface area (Å²) in [4.78, 5) is 24.5. The first-order valence-electron chi connectivity index (χ1n) is 6.94. The summed E-state index contributed by atoms with van der Waals surface area (Å²) in [6.07, 6.45) is 3.26. The first kappa shape index (κ1) is 17.0. The van der Waals surface area contributed by atoms with E-state index in [1.807, 2.05) is 11.0 Å². The fourth-order valence-corrected chi connectivity index (χ4v) is 2.11. The molecule has 1 amide bonds. The van der Waals surface area contributed by atoms with Crippen LogP contribution in [0, 0.1) is 17.2 Å². The summed E-state index contributed by atoms with van der Waals surface area (Å²) in [7, 11) is 1.59. The van der Waals surface area contributed by atoms with Gasteiger partial charge in [0.05, 0.1) is 5.92 Å². The van der Waals surface area contributed by atoms with Crippen molar-refractivity contribution in [3.8, 4) is 6.07 Å². The van der Waals surface area contributed by atoms with Crippen molar-refractivity contribution in [1.29, 1.82) is 5.26 Å². The average molecular weight is 295 g/mol. The number of methoxy groups -OCH3 is 1. The summed E-state index contributed by atoms with van der Waals surface area (Å²) in [5.41, 5.74) is 0.0428. The molecule has 1 aliphatic rings. The Bertz CT molecular complexity index is 434. The Morgan fingerprint density at radius 2 is 2.14 bits per heavy atom. The second-order valence-corrected chi connectivity index (χ2v) is 4.91. The lowest BCUT2D eigenvalue weighted by molar-refractivity contribution is -0.143. The molecule has 1 fully saturated rings. The third-order valence-corrected chi connectivity index (χ3v) is 3.37. The zero-order valence-electron chi connectivity index (χ0n) is 12.2. The molecular formula is C14H21N3O4. The van der Waals surface area contributed by atoms with Crippen LogP contribution < -0.4 is 5.32 Å². The van der Waals surface area contributed by atoms with Gasteiger partial charge in [-0.2, -0.15) is 5.26 Å². The summed E-state index contributed by atoms with van der Waals surface area (Å²) < 4.78 is 4.87. The zero-order chi connectivity index (χ0) is 15.7. The predicted octanol–water partition coefficient (Wildman–Crippen LogP) is 0.343. The molecule has 0 aliphatic carbocycles. The van der Waals surface area contributed by atoms with Gasteiger partial charge in [0.15, 0.2) is 0 Å². The van der Waals surface area contributed by atoms with Crippen LogP contribution in [0.3, 0.4) is 0 Å². The molecule has 1 aliphatic heterocycles. The van der Waals surface area contributed by atoms with Gasteiger partial charge in [-0.3, -0.25) is 9.59 Å².